The first-order valence-electron chi connectivity index (χ1n) is 8.64. The molecule has 3 N–H and O–H groups in total. The Morgan fingerprint density at radius 1 is 1.11 bits per heavy atom. The summed E-state index contributed by atoms with van der Waals surface area (Å²) < 4.78 is 5.68. The van der Waals surface area contributed by atoms with Gasteiger partial charge in [-0.05, 0) is 37.6 Å². The van der Waals surface area contributed by atoms with E-state index in [4.69, 9.17) is 4.74 Å². The summed E-state index contributed by atoms with van der Waals surface area (Å²) in [5.41, 5.74) is 2.95. The Kier molecular flexibility index (Phi) is 10.2. The number of hydrogen-bond acceptors (Lipinski definition) is 3. The monoisotopic (exact) mass is 482 g/mol. The number of aliphatic imine (C=N–C) groups is 1. The zero-order valence-corrected chi connectivity index (χ0v) is 18.2. The lowest BCUT2D eigenvalue weighted by Gasteiger charge is -2.15. The molecule has 0 fully saturated rings. The maximum atomic E-state index is 12.0. The molecule has 146 valence electrons. The summed E-state index contributed by atoms with van der Waals surface area (Å²) in [6, 6.07) is 15.4. The molecule has 1 amide bonds. The van der Waals surface area contributed by atoms with Crippen molar-refractivity contribution in [2.24, 2.45) is 4.99 Å². The maximum Gasteiger partial charge on any atom is 0.243 e. The van der Waals surface area contributed by atoms with Gasteiger partial charge in [-0.1, -0.05) is 30.3 Å². The molecule has 0 heterocycles. The third kappa shape index (κ3) is 7.86. The highest BCUT2D eigenvalue weighted by Crippen LogP contribution is 2.20. The van der Waals surface area contributed by atoms with Gasteiger partial charge in [0.15, 0.2) is 5.96 Å². The van der Waals surface area contributed by atoms with Crippen LogP contribution in [0.4, 0.5) is 5.69 Å². The lowest BCUT2D eigenvalue weighted by molar-refractivity contribution is -0.115. The molecule has 0 aliphatic rings. The Labute approximate surface area is 177 Å². The fourth-order valence-corrected chi connectivity index (χ4v) is 2.39. The summed E-state index contributed by atoms with van der Waals surface area (Å²) in [6.45, 7) is 5.29. The van der Waals surface area contributed by atoms with E-state index >= 15 is 0 Å². The van der Waals surface area contributed by atoms with Gasteiger partial charge in [0.25, 0.3) is 0 Å². The second-order valence-corrected chi connectivity index (χ2v) is 5.74. The van der Waals surface area contributed by atoms with Crippen LogP contribution in [-0.2, 0) is 11.3 Å². The minimum Gasteiger partial charge on any atom is -0.494 e. The number of nitrogens with zero attached hydrogens (tertiary/aromatic N) is 1. The molecule has 0 radical (unpaired) electrons. The fraction of sp³-hybridized carbons (Fsp3) is 0.300. The molecular weight excluding hydrogens is 455 g/mol. The first-order valence-corrected chi connectivity index (χ1v) is 8.64. The summed E-state index contributed by atoms with van der Waals surface area (Å²) in [6.07, 6.45) is 0. The number of hydrogen-bond donors (Lipinski definition) is 3. The van der Waals surface area contributed by atoms with Gasteiger partial charge in [-0.2, -0.15) is 0 Å². The first kappa shape index (κ1) is 22.8. The van der Waals surface area contributed by atoms with Gasteiger partial charge in [0.2, 0.25) is 5.91 Å². The van der Waals surface area contributed by atoms with Crippen molar-refractivity contribution in [2.45, 2.75) is 20.4 Å². The number of halogens is 1. The maximum absolute atomic E-state index is 12.0. The second kappa shape index (κ2) is 12.2. The predicted molar refractivity (Wildman–Crippen MR) is 121 cm³/mol. The summed E-state index contributed by atoms with van der Waals surface area (Å²) in [5.74, 6) is 1.28. The second-order valence-electron chi connectivity index (χ2n) is 5.74. The van der Waals surface area contributed by atoms with Crippen LogP contribution >= 0.6 is 24.0 Å². The van der Waals surface area contributed by atoms with E-state index in [-0.39, 0.29) is 36.4 Å². The molecule has 0 unspecified atom stereocenters. The van der Waals surface area contributed by atoms with Crippen LogP contribution in [0.5, 0.6) is 5.75 Å². The predicted octanol–water partition coefficient (Wildman–Crippen LogP) is 3.32. The normalized spacial score (nSPS) is 10.6. The van der Waals surface area contributed by atoms with E-state index in [0.29, 0.717) is 19.1 Å². The molecule has 2 aromatic carbocycles. The van der Waals surface area contributed by atoms with E-state index in [1.807, 2.05) is 62.4 Å². The lowest BCUT2D eigenvalue weighted by Crippen LogP contribution is -2.41. The van der Waals surface area contributed by atoms with E-state index in [9.17, 15) is 4.79 Å². The van der Waals surface area contributed by atoms with Gasteiger partial charge in [-0.25, -0.2) is 0 Å². The number of nitrogens with one attached hydrogen (secondary N) is 3. The van der Waals surface area contributed by atoms with Crippen molar-refractivity contribution in [3.05, 3.63) is 59.7 Å². The highest BCUT2D eigenvalue weighted by Gasteiger charge is 2.07. The minimum absolute atomic E-state index is 0. The van der Waals surface area contributed by atoms with Gasteiger partial charge in [0.1, 0.15) is 5.75 Å². The third-order valence-corrected chi connectivity index (χ3v) is 3.67. The highest BCUT2D eigenvalue weighted by atomic mass is 127. The number of para-hydroxylation sites is 1. The number of carbonyl (C=O) groups excluding carboxylic acids is 1. The molecule has 2 aromatic rings. The molecule has 0 aliphatic carbocycles. The van der Waals surface area contributed by atoms with Crippen LogP contribution < -0.4 is 20.7 Å². The average Bonchev–Trinajstić information content (AvgIpc) is 2.64. The van der Waals surface area contributed by atoms with Crippen molar-refractivity contribution in [2.75, 3.05) is 25.5 Å². The fourth-order valence-electron chi connectivity index (χ4n) is 2.39. The van der Waals surface area contributed by atoms with E-state index in [1.54, 1.807) is 7.05 Å². The molecule has 0 saturated heterocycles. The van der Waals surface area contributed by atoms with Crippen molar-refractivity contribution >= 4 is 41.5 Å². The molecule has 27 heavy (non-hydrogen) atoms. The van der Waals surface area contributed by atoms with Crippen molar-refractivity contribution in [1.29, 1.82) is 0 Å². The zero-order chi connectivity index (χ0) is 18.8. The Morgan fingerprint density at radius 3 is 2.52 bits per heavy atom. The quantitative estimate of drug-likeness (QED) is 0.322. The molecule has 0 spiro atoms. The SMILES string of the molecule is CCOc1cc(C)ccc1CNC(=NC)NCC(=O)Nc1ccccc1.I. The number of guanidine groups is 1. The topological polar surface area (TPSA) is 74.8 Å². The molecular formula is C20H27IN4O2. The van der Waals surface area contributed by atoms with Gasteiger partial charge in [-0.15, -0.1) is 24.0 Å². The van der Waals surface area contributed by atoms with Crippen LogP contribution in [0.1, 0.15) is 18.1 Å². The van der Waals surface area contributed by atoms with E-state index in [2.05, 4.69) is 20.9 Å². The number of amides is 1. The highest BCUT2D eigenvalue weighted by molar-refractivity contribution is 14.0. The van der Waals surface area contributed by atoms with Crippen molar-refractivity contribution in [1.82, 2.24) is 10.6 Å². The van der Waals surface area contributed by atoms with Crippen LogP contribution in [0.15, 0.2) is 53.5 Å². The molecule has 0 aliphatic heterocycles. The van der Waals surface area contributed by atoms with E-state index in [0.717, 1.165) is 22.6 Å². The van der Waals surface area contributed by atoms with Crippen molar-refractivity contribution in [3.8, 4) is 5.75 Å². The Bertz CT molecular complexity index is 751. The molecule has 0 aromatic heterocycles. The number of carbonyl (C=O) groups is 1. The Hall–Kier alpha value is -2.29. The van der Waals surface area contributed by atoms with Gasteiger partial charge < -0.3 is 20.7 Å². The van der Waals surface area contributed by atoms with Crippen molar-refractivity contribution in [3.63, 3.8) is 0 Å². The summed E-state index contributed by atoms with van der Waals surface area (Å²) in [5, 5.41) is 9.03. The molecule has 2 rings (SSSR count). The smallest absolute Gasteiger partial charge is 0.243 e. The standard InChI is InChI=1S/C20H26N4O2.HI/c1-4-26-18-12-15(2)10-11-16(18)13-22-20(21-3)23-14-19(25)24-17-8-6-5-7-9-17;/h5-12H,4,13-14H2,1-3H3,(H,24,25)(H2,21,22,23);1H. The number of benzene rings is 2. The van der Waals surface area contributed by atoms with E-state index < -0.39 is 0 Å². The summed E-state index contributed by atoms with van der Waals surface area (Å²) in [7, 11) is 1.67. The molecule has 0 bridgehead atoms. The van der Waals surface area contributed by atoms with Gasteiger partial charge >= 0.3 is 0 Å². The number of anilines is 1. The first-order chi connectivity index (χ1) is 12.6. The van der Waals surface area contributed by atoms with Crippen LogP contribution in [0.2, 0.25) is 0 Å². The van der Waals surface area contributed by atoms with E-state index in [1.165, 1.54) is 0 Å². The summed E-state index contributed by atoms with van der Waals surface area (Å²) >= 11 is 0. The third-order valence-electron chi connectivity index (χ3n) is 3.67. The Morgan fingerprint density at radius 2 is 1.85 bits per heavy atom. The molecule has 0 atom stereocenters. The molecule has 7 heteroatoms. The molecule has 6 nitrogen and oxygen atoms in total. The van der Waals surface area contributed by atoms with Crippen LogP contribution in [0.3, 0.4) is 0 Å². The lowest BCUT2D eigenvalue weighted by atomic mass is 10.1. The zero-order valence-electron chi connectivity index (χ0n) is 15.9. The molecule has 0 saturated carbocycles. The van der Waals surface area contributed by atoms with Gasteiger partial charge in [0.05, 0.1) is 13.2 Å². The average molecular weight is 482 g/mol. The van der Waals surface area contributed by atoms with Crippen LogP contribution in [-0.4, -0.2) is 32.1 Å². The number of aryl methyl sites for hydroxylation is 1. The summed E-state index contributed by atoms with van der Waals surface area (Å²) in [4.78, 5) is 16.2. The van der Waals surface area contributed by atoms with Gasteiger partial charge in [-0.3, -0.25) is 9.79 Å². The van der Waals surface area contributed by atoms with Crippen LogP contribution in [0.25, 0.3) is 0 Å². The minimum atomic E-state index is -0.135. The number of ether oxygens (including phenoxy) is 1. The largest absolute Gasteiger partial charge is 0.494 e. The van der Waals surface area contributed by atoms with Crippen molar-refractivity contribution < 1.29 is 9.53 Å². The Balaban J connectivity index is 0.00000364. The van der Waals surface area contributed by atoms with Gasteiger partial charge in [0, 0.05) is 24.8 Å². The number of rotatable bonds is 7. The van der Waals surface area contributed by atoms with Crippen LogP contribution in [0, 0.1) is 6.92 Å².